The van der Waals surface area contributed by atoms with Gasteiger partial charge in [0.25, 0.3) is 5.91 Å². The summed E-state index contributed by atoms with van der Waals surface area (Å²) < 4.78 is 5.55. The number of hydrogen-bond donors (Lipinski definition) is 0. The highest BCUT2D eigenvalue weighted by Gasteiger charge is 2.35. The number of rotatable bonds is 8. The second kappa shape index (κ2) is 8.09. The van der Waals surface area contributed by atoms with Crippen molar-refractivity contribution in [2.75, 3.05) is 19.6 Å². The third-order valence-corrected chi connectivity index (χ3v) is 4.90. The van der Waals surface area contributed by atoms with Gasteiger partial charge in [-0.3, -0.25) is 9.69 Å². The van der Waals surface area contributed by atoms with Crippen molar-refractivity contribution in [2.24, 2.45) is 5.10 Å². The van der Waals surface area contributed by atoms with Gasteiger partial charge < -0.3 is 4.42 Å². The number of carbonyl (C=O) groups excluding carboxylic acids is 1. The van der Waals surface area contributed by atoms with Crippen LogP contribution in [0.5, 0.6) is 0 Å². The second-order valence-electron chi connectivity index (χ2n) is 5.77. The fraction of sp³-hybridized carbons (Fsp3) is 0.263. The molecule has 6 heteroatoms. The molecule has 5 nitrogen and oxygen atoms in total. The first-order valence-electron chi connectivity index (χ1n) is 8.14. The molecule has 0 saturated heterocycles. The molecule has 0 fully saturated rings. The van der Waals surface area contributed by atoms with E-state index in [1.807, 2.05) is 34.5 Å². The predicted molar refractivity (Wildman–Crippen MR) is 101 cm³/mol. The fourth-order valence-corrected chi connectivity index (χ4v) is 3.59. The van der Waals surface area contributed by atoms with Gasteiger partial charge >= 0.3 is 0 Å². The van der Waals surface area contributed by atoms with Crippen LogP contribution >= 0.6 is 11.3 Å². The number of hydrogen-bond acceptors (Lipinski definition) is 5. The molecule has 2 aromatic rings. The monoisotopic (exact) mass is 355 g/mol. The molecule has 1 amide bonds. The second-order valence-corrected chi connectivity index (χ2v) is 6.72. The zero-order valence-corrected chi connectivity index (χ0v) is 14.8. The molecule has 3 rings (SSSR count). The maximum Gasteiger partial charge on any atom is 0.257 e. The molecule has 3 heterocycles. The highest BCUT2D eigenvalue weighted by molar-refractivity contribution is 7.12. The van der Waals surface area contributed by atoms with Gasteiger partial charge in [-0.15, -0.1) is 24.5 Å². The van der Waals surface area contributed by atoms with E-state index >= 15 is 0 Å². The van der Waals surface area contributed by atoms with E-state index < -0.39 is 0 Å². The van der Waals surface area contributed by atoms with E-state index in [1.54, 1.807) is 34.8 Å². The Kier molecular flexibility index (Phi) is 5.63. The topological polar surface area (TPSA) is 49.1 Å². The van der Waals surface area contributed by atoms with Crippen molar-refractivity contribution in [3.8, 4) is 0 Å². The standard InChI is InChI=1S/C19H21N3O2S/c1-3-9-21(10-4-2)14-19(23)22-16(17-7-5-11-24-17)13-15(20-22)18-8-6-12-25-18/h3-8,11-12,16H,1-2,9-10,13-14H2. The molecule has 2 aromatic heterocycles. The lowest BCUT2D eigenvalue weighted by Gasteiger charge is -2.24. The van der Waals surface area contributed by atoms with E-state index in [0.29, 0.717) is 19.5 Å². The molecule has 1 unspecified atom stereocenters. The predicted octanol–water partition coefficient (Wildman–Crippen LogP) is 3.69. The minimum absolute atomic E-state index is 0.0587. The fourth-order valence-electron chi connectivity index (χ4n) is 2.87. The van der Waals surface area contributed by atoms with Crippen molar-refractivity contribution in [3.63, 3.8) is 0 Å². The zero-order chi connectivity index (χ0) is 17.6. The summed E-state index contributed by atoms with van der Waals surface area (Å²) in [6.45, 7) is 9.00. The van der Waals surface area contributed by atoms with Crippen molar-refractivity contribution >= 4 is 23.0 Å². The van der Waals surface area contributed by atoms with Crippen molar-refractivity contribution in [1.29, 1.82) is 0 Å². The van der Waals surface area contributed by atoms with Crippen LogP contribution in [0.4, 0.5) is 0 Å². The average Bonchev–Trinajstić information content (AvgIpc) is 3.34. The molecule has 25 heavy (non-hydrogen) atoms. The molecule has 130 valence electrons. The van der Waals surface area contributed by atoms with Gasteiger partial charge in [-0.1, -0.05) is 18.2 Å². The number of carbonyl (C=O) groups is 1. The molecule has 0 N–H and O–H groups in total. The molecule has 1 aliphatic heterocycles. The van der Waals surface area contributed by atoms with E-state index in [9.17, 15) is 4.79 Å². The third kappa shape index (κ3) is 3.97. The van der Waals surface area contributed by atoms with Gasteiger partial charge in [-0.2, -0.15) is 5.10 Å². The minimum atomic E-state index is -0.200. The van der Waals surface area contributed by atoms with Gasteiger partial charge in [0, 0.05) is 19.5 Å². The van der Waals surface area contributed by atoms with Gasteiger partial charge in [0.1, 0.15) is 11.8 Å². The van der Waals surface area contributed by atoms with Crippen LogP contribution in [0.2, 0.25) is 0 Å². The average molecular weight is 355 g/mol. The SMILES string of the molecule is C=CCN(CC=C)CC(=O)N1N=C(c2cccs2)CC1c1ccco1. The smallest absolute Gasteiger partial charge is 0.257 e. The normalized spacial score (nSPS) is 16.9. The Hall–Kier alpha value is -2.44. The van der Waals surface area contributed by atoms with Crippen LogP contribution in [0.15, 0.2) is 70.7 Å². The first-order valence-corrected chi connectivity index (χ1v) is 9.02. The molecule has 0 spiro atoms. The highest BCUT2D eigenvalue weighted by atomic mass is 32.1. The number of hydrazone groups is 1. The zero-order valence-electron chi connectivity index (χ0n) is 14.0. The van der Waals surface area contributed by atoms with Crippen molar-refractivity contribution in [2.45, 2.75) is 12.5 Å². The molecule has 0 bridgehead atoms. The molecular weight excluding hydrogens is 334 g/mol. The third-order valence-electron chi connectivity index (χ3n) is 3.98. The van der Waals surface area contributed by atoms with Crippen LogP contribution in [0.1, 0.15) is 23.1 Å². The summed E-state index contributed by atoms with van der Waals surface area (Å²) in [6.07, 6.45) is 5.85. The van der Waals surface area contributed by atoms with Gasteiger partial charge in [0.15, 0.2) is 0 Å². The maximum atomic E-state index is 12.9. The quantitative estimate of drug-likeness (QED) is 0.679. The Morgan fingerprint density at radius 3 is 2.76 bits per heavy atom. The van der Waals surface area contributed by atoms with Crippen molar-refractivity contribution in [1.82, 2.24) is 9.91 Å². The number of furan rings is 1. The Balaban J connectivity index is 1.82. The minimum Gasteiger partial charge on any atom is -0.467 e. The first-order chi connectivity index (χ1) is 12.2. The van der Waals surface area contributed by atoms with E-state index in [2.05, 4.69) is 18.3 Å². The summed E-state index contributed by atoms with van der Waals surface area (Å²) in [5, 5.41) is 8.19. The van der Waals surface area contributed by atoms with Crippen LogP contribution in [-0.2, 0) is 4.79 Å². The molecule has 1 aliphatic rings. The van der Waals surface area contributed by atoms with Crippen LogP contribution in [0.25, 0.3) is 0 Å². The molecule has 1 atom stereocenters. The lowest BCUT2D eigenvalue weighted by Crippen LogP contribution is -2.38. The Morgan fingerprint density at radius 2 is 2.16 bits per heavy atom. The Labute approximate surface area is 151 Å². The summed E-state index contributed by atoms with van der Waals surface area (Å²) in [7, 11) is 0. The van der Waals surface area contributed by atoms with Crippen LogP contribution in [0.3, 0.4) is 0 Å². The van der Waals surface area contributed by atoms with Gasteiger partial charge in [0.2, 0.25) is 0 Å². The lowest BCUT2D eigenvalue weighted by molar-refractivity contribution is -0.134. The number of amides is 1. The van der Waals surface area contributed by atoms with Crippen LogP contribution < -0.4 is 0 Å². The first kappa shape index (κ1) is 17.4. The summed E-state index contributed by atoms with van der Waals surface area (Å²) in [6, 6.07) is 7.55. The molecule has 0 aromatic carbocycles. The number of nitrogens with zero attached hydrogens (tertiary/aromatic N) is 3. The van der Waals surface area contributed by atoms with E-state index in [1.165, 1.54) is 0 Å². The van der Waals surface area contributed by atoms with Gasteiger partial charge in [-0.05, 0) is 23.6 Å². The van der Waals surface area contributed by atoms with Crippen molar-refractivity contribution in [3.05, 3.63) is 71.9 Å². The van der Waals surface area contributed by atoms with Crippen LogP contribution in [-0.4, -0.2) is 41.2 Å². The highest BCUT2D eigenvalue weighted by Crippen LogP contribution is 2.34. The van der Waals surface area contributed by atoms with E-state index in [0.717, 1.165) is 16.3 Å². The summed E-state index contributed by atoms with van der Waals surface area (Å²) in [5.74, 6) is 0.694. The largest absolute Gasteiger partial charge is 0.467 e. The maximum absolute atomic E-state index is 12.9. The van der Waals surface area contributed by atoms with Gasteiger partial charge in [0.05, 0.1) is 23.4 Å². The molecule has 0 aliphatic carbocycles. The van der Waals surface area contributed by atoms with E-state index in [-0.39, 0.29) is 18.5 Å². The van der Waals surface area contributed by atoms with Gasteiger partial charge in [-0.25, -0.2) is 5.01 Å². The van der Waals surface area contributed by atoms with Crippen LogP contribution in [0, 0.1) is 0 Å². The Bertz CT molecular complexity index is 740. The van der Waals surface area contributed by atoms with Crippen molar-refractivity contribution < 1.29 is 9.21 Å². The molecule has 0 saturated carbocycles. The summed E-state index contributed by atoms with van der Waals surface area (Å²) in [5.41, 5.74) is 0.920. The van der Waals surface area contributed by atoms with E-state index in [4.69, 9.17) is 4.42 Å². The summed E-state index contributed by atoms with van der Waals surface area (Å²) >= 11 is 1.63. The lowest BCUT2D eigenvalue weighted by atomic mass is 10.1. The molecule has 0 radical (unpaired) electrons. The summed E-state index contributed by atoms with van der Waals surface area (Å²) in [4.78, 5) is 16.0. The Morgan fingerprint density at radius 1 is 1.36 bits per heavy atom. The molecular formula is C19H21N3O2S. The number of thiophene rings is 1.